The first-order chi connectivity index (χ1) is 9.04. The highest BCUT2D eigenvalue weighted by Gasteiger charge is 2.29. The van der Waals surface area contributed by atoms with E-state index in [1.807, 2.05) is 11.8 Å². The summed E-state index contributed by atoms with van der Waals surface area (Å²) < 4.78 is 27.7. The van der Waals surface area contributed by atoms with Crippen LogP contribution in [-0.2, 0) is 10.0 Å². The van der Waals surface area contributed by atoms with Crippen LogP contribution < -0.4 is 0 Å². The van der Waals surface area contributed by atoms with Gasteiger partial charge in [0.25, 0.3) is 10.0 Å². The Kier molecular flexibility index (Phi) is 5.60. The molecule has 19 heavy (non-hydrogen) atoms. The zero-order valence-corrected chi connectivity index (χ0v) is 14.0. The van der Waals surface area contributed by atoms with Crippen LogP contribution in [0, 0.1) is 0 Å². The average molecular weight is 340 g/mol. The van der Waals surface area contributed by atoms with E-state index in [9.17, 15) is 8.42 Å². The fourth-order valence-corrected chi connectivity index (χ4v) is 6.57. The van der Waals surface area contributed by atoms with Crippen molar-refractivity contribution in [2.24, 2.45) is 0 Å². The molecule has 1 aromatic heterocycles. The van der Waals surface area contributed by atoms with Crippen molar-refractivity contribution in [3.05, 3.63) is 16.5 Å². The van der Waals surface area contributed by atoms with Crippen molar-refractivity contribution in [3.63, 3.8) is 0 Å². The van der Waals surface area contributed by atoms with Crippen LogP contribution in [0.4, 0.5) is 0 Å². The SMILES string of the molecule is CCSC1CCCCN(S(=O)(=O)c2ccc(Cl)s2)C1. The number of rotatable bonds is 4. The fraction of sp³-hybridized carbons (Fsp3) is 0.667. The van der Waals surface area contributed by atoms with Gasteiger partial charge in [-0.15, -0.1) is 11.3 Å². The van der Waals surface area contributed by atoms with Gasteiger partial charge in [0, 0.05) is 18.3 Å². The van der Waals surface area contributed by atoms with Gasteiger partial charge in [-0.1, -0.05) is 24.9 Å². The molecule has 2 heterocycles. The minimum atomic E-state index is -3.36. The maximum Gasteiger partial charge on any atom is 0.252 e. The van der Waals surface area contributed by atoms with Crippen LogP contribution in [0.2, 0.25) is 4.34 Å². The Morgan fingerprint density at radius 3 is 2.89 bits per heavy atom. The zero-order valence-electron chi connectivity index (χ0n) is 10.8. The summed E-state index contributed by atoms with van der Waals surface area (Å²) in [5, 5.41) is 0.415. The Morgan fingerprint density at radius 2 is 2.26 bits per heavy atom. The smallest absolute Gasteiger partial charge is 0.206 e. The number of thioether (sulfide) groups is 1. The zero-order chi connectivity index (χ0) is 13.9. The summed E-state index contributed by atoms with van der Waals surface area (Å²) in [6.07, 6.45) is 3.16. The van der Waals surface area contributed by atoms with Crippen molar-refractivity contribution >= 4 is 44.7 Å². The molecule has 1 saturated heterocycles. The molecule has 1 aliphatic rings. The summed E-state index contributed by atoms with van der Waals surface area (Å²) in [5.74, 6) is 1.03. The van der Waals surface area contributed by atoms with Gasteiger partial charge in [0.1, 0.15) is 4.21 Å². The van der Waals surface area contributed by atoms with Crippen LogP contribution in [0.15, 0.2) is 16.3 Å². The lowest BCUT2D eigenvalue weighted by atomic mass is 10.2. The Balaban J connectivity index is 2.18. The van der Waals surface area contributed by atoms with Crippen LogP contribution >= 0.6 is 34.7 Å². The van der Waals surface area contributed by atoms with E-state index in [0.29, 0.717) is 26.9 Å². The van der Waals surface area contributed by atoms with Crippen LogP contribution in [-0.4, -0.2) is 36.8 Å². The third-order valence-electron chi connectivity index (χ3n) is 3.14. The molecule has 1 fully saturated rings. The van der Waals surface area contributed by atoms with E-state index in [1.165, 1.54) is 0 Å². The minimum absolute atomic E-state index is 0.361. The van der Waals surface area contributed by atoms with Gasteiger partial charge in [0.2, 0.25) is 0 Å². The minimum Gasteiger partial charge on any atom is -0.206 e. The Hall–Kier alpha value is 0.250. The molecule has 0 amide bonds. The molecule has 1 atom stereocenters. The predicted octanol–water partition coefficient (Wildman–Crippen LogP) is 3.70. The second-order valence-corrected chi connectivity index (χ2v) is 9.95. The van der Waals surface area contributed by atoms with Crippen molar-refractivity contribution in [3.8, 4) is 0 Å². The Bertz CT molecular complexity index is 515. The Morgan fingerprint density at radius 1 is 1.47 bits per heavy atom. The summed E-state index contributed by atoms with van der Waals surface area (Å²) in [6, 6.07) is 3.25. The van der Waals surface area contributed by atoms with Crippen molar-refractivity contribution < 1.29 is 8.42 Å². The molecule has 0 saturated carbocycles. The summed E-state index contributed by atoms with van der Waals surface area (Å²) in [6.45, 7) is 3.36. The van der Waals surface area contributed by atoms with Crippen molar-refractivity contribution in [2.45, 2.75) is 35.6 Å². The number of halogens is 1. The lowest BCUT2D eigenvalue weighted by Gasteiger charge is -2.22. The van der Waals surface area contributed by atoms with E-state index in [4.69, 9.17) is 11.6 Å². The lowest BCUT2D eigenvalue weighted by Crippen LogP contribution is -2.35. The first-order valence-corrected chi connectivity index (χ1v) is 10.1. The molecule has 1 aliphatic heterocycles. The van der Waals surface area contributed by atoms with Gasteiger partial charge in [0.15, 0.2) is 0 Å². The van der Waals surface area contributed by atoms with Gasteiger partial charge < -0.3 is 0 Å². The monoisotopic (exact) mass is 339 g/mol. The second-order valence-electron chi connectivity index (χ2n) is 4.49. The second kappa shape index (κ2) is 6.80. The first-order valence-electron chi connectivity index (χ1n) is 6.41. The van der Waals surface area contributed by atoms with E-state index in [-0.39, 0.29) is 0 Å². The number of hydrogen-bond donors (Lipinski definition) is 0. The summed E-state index contributed by atoms with van der Waals surface area (Å²) in [4.78, 5) is 0. The maximum absolute atomic E-state index is 12.6. The standard InChI is InChI=1S/C12H18ClNO2S3/c1-2-17-10-5-3-4-8-14(9-10)19(15,16)12-7-6-11(13)18-12/h6-7,10H,2-5,8-9H2,1H3. The molecule has 0 spiro atoms. The predicted molar refractivity (Wildman–Crippen MR) is 83.9 cm³/mol. The van der Waals surface area contributed by atoms with Gasteiger partial charge in [-0.2, -0.15) is 16.1 Å². The lowest BCUT2D eigenvalue weighted by molar-refractivity contribution is 0.428. The number of nitrogens with zero attached hydrogens (tertiary/aromatic N) is 1. The summed E-state index contributed by atoms with van der Waals surface area (Å²) in [5.41, 5.74) is 0. The van der Waals surface area contributed by atoms with Gasteiger partial charge in [-0.05, 0) is 30.7 Å². The highest BCUT2D eigenvalue weighted by Crippen LogP contribution is 2.31. The molecular formula is C12H18ClNO2S3. The average Bonchev–Trinajstić information content (AvgIpc) is 2.66. The van der Waals surface area contributed by atoms with Crippen molar-refractivity contribution in [2.75, 3.05) is 18.8 Å². The van der Waals surface area contributed by atoms with Gasteiger partial charge in [-0.3, -0.25) is 0 Å². The third-order valence-corrected chi connectivity index (χ3v) is 7.89. The molecule has 0 N–H and O–H groups in total. The van der Waals surface area contributed by atoms with Crippen molar-refractivity contribution in [1.82, 2.24) is 4.31 Å². The van der Waals surface area contributed by atoms with Crippen LogP contribution in [0.25, 0.3) is 0 Å². The van der Waals surface area contributed by atoms with E-state index >= 15 is 0 Å². The van der Waals surface area contributed by atoms with Crippen LogP contribution in [0.3, 0.4) is 0 Å². The summed E-state index contributed by atoms with van der Waals surface area (Å²) in [7, 11) is -3.36. The molecule has 1 aromatic rings. The molecule has 3 nitrogen and oxygen atoms in total. The van der Waals surface area contributed by atoms with E-state index in [1.54, 1.807) is 16.4 Å². The Labute approximate surface area is 128 Å². The molecule has 0 aromatic carbocycles. The third kappa shape index (κ3) is 3.88. The van der Waals surface area contributed by atoms with Gasteiger partial charge in [0.05, 0.1) is 4.34 Å². The van der Waals surface area contributed by atoms with E-state index < -0.39 is 10.0 Å². The topological polar surface area (TPSA) is 37.4 Å². The number of sulfonamides is 1. The van der Waals surface area contributed by atoms with Gasteiger partial charge >= 0.3 is 0 Å². The number of thiophene rings is 1. The highest BCUT2D eigenvalue weighted by atomic mass is 35.5. The quantitative estimate of drug-likeness (QED) is 0.839. The molecule has 0 aliphatic carbocycles. The molecular weight excluding hydrogens is 322 g/mol. The van der Waals surface area contributed by atoms with Crippen LogP contribution in [0.1, 0.15) is 26.2 Å². The molecule has 7 heteroatoms. The van der Waals surface area contributed by atoms with Gasteiger partial charge in [-0.25, -0.2) is 8.42 Å². The highest BCUT2D eigenvalue weighted by molar-refractivity contribution is 8.00. The van der Waals surface area contributed by atoms with E-state index in [0.717, 1.165) is 36.4 Å². The first kappa shape index (κ1) is 15.6. The number of hydrogen-bond acceptors (Lipinski definition) is 4. The molecule has 1 unspecified atom stereocenters. The molecule has 0 bridgehead atoms. The van der Waals surface area contributed by atoms with E-state index in [2.05, 4.69) is 6.92 Å². The fourth-order valence-electron chi connectivity index (χ4n) is 2.22. The largest absolute Gasteiger partial charge is 0.252 e. The maximum atomic E-state index is 12.6. The molecule has 2 rings (SSSR count). The van der Waals surface area contributed by atoms with Crippen LogP contribution in [0.5, 0.6) is 0 Å². The normalized spacial score (nSPS) is 22.3. The van der Waals surface area contributed by atoms with Crippen molar-refractivity contribution in [1.29, 1.82) is 0 Å². The molecule has 0 radical (unpaired) electrons. The molecule has 108 valence electrons. The summed E-state index contributed by atoms with van der Waals surface area (Å²) >= 11 is 8.84.